The predicted molar refractivity (Wildman–Crippen MR) is 205 cm³/mol. The maximum atomic E-state index is 6.55. The molecule has 11 rings (SSSR count). The average molecular weight is 623 g/mol. The lowest BCUT2D eigenvalue weighted by Gasteiger charge is -2.13. The summed E-state index contributed by atoms with van der Waals surface area (Å²) in [6.07, 6.45) is 0. The number of aromatic nitrogens is 2. The molecule has 0 bridgehead atoms. The van der Waals surface area contributed by atoms with Crippen molar-refractivity contribution in [2.45, 2.75) is 0 Å². The second kappa shape index (κ2) is 9.96. The molecule has 0 N–H and O–H groups in total. The van der Waals surface area contributed by atoms with Crippen LogP contribution >= 0.6 is 0 Å². The van der Waals surface area contributed by atoms with Gasteiger partial charge in [0.05, 0.1) is 22.4 Å². The molecule has 3 nitrogen and oxygen atoms in total. The van der Waals surface area contributed by atoms with E-state index in [4.69, 9.17) is 14.4 Å². The van der Waals surface area contributed by atoms with Crippen molar-refractivity contribution in [2.75, 3.05) is 0 Å². The highest BCUT2D eigenvalue weighted by molar-refractivity contribution is 6.38. The number of nitrogens with zero attached hydrogens (tertiary/aromatic N) is 2. The normalized spacial score (nSPS) is 12.1. The van der Waals surface area contributed by atoms with Crippen LogP contribution in [0.15, 0.2) is 162 Å². The van der Waals surface area contributed by atoms with E-state index in [1.165, 1.54) is 43.1 Å². The second-order valence-electron chi connectivity index (χ2n) is 12.9. The Labute approximate surface area is 280 Å². The number of hydrogen-bond donors (Lipinski definition) is 0. The van der Waals surface area contributed by atoms with Crippen LogP contribution in [0.1, 0.15) is 0 Å². The van der Waals surface area contributed by atoms with Crippen molar-refractivity contribution in [1.82, 2.24) is 9.97 Å². The molecule has 226 valence electrons. The van der Waals surface area contributed by atoms with Gasteiger partial charge in [0.2, 0.25) is 0 Å². The molecule has 0 saturated carbocycles. The van der Waals surface area contributed by atoms with Gasteiger partial charge in [0.15, 0.2) is 0 Å². The van der Waals surface area contributed by atoms with Crippen molar-refractivity contribution in [3.8, 4) is 22.5 Å². The molecule has 0 spiro atoms. The molecule has 0 aliphatic rings. The summed E-state index contributed by atoms with van der Waals surface area (Å²) in [5, 5.41) is 14.4. The molecular formula is C46H26N2O. The minimum atomic E-state index is 0.869. The third-order valence-electron chi connectivity index (χ3n) is 10.2. The fourth-order valence-corrected chi connectivity index (χ4v) is 7.94. The maximum Gasteiger partial charge on any atom is 0.136 e. The van der Waals surface area contributed by atoms with Crippen molar-refractivity contribution in [1.29, 1.82) is 0 Å². The first kappa shape index (κ1) is 26.5. The van der Waals surface area contributed by atoms with Gasteiger partial charge in [-0.25, -0.2) is 9.97 Å². The SMILES string of the molecule is c1ccc(-c2ccc3ccc4ccc(-c5ccc6oc7ccc8c9c%10ccccc%10ccc9c9ccccc9c8c7c6c5)nc4c3n2)cc1. The Kier molecular flexibility index (Phi) is 5.38. The Bertz CT molecular complexity index is 3160. The van der Waals surface area contributed by atoms with E-state index in [1.54, 1.807) is 0 Å². The van der Waals surface area contributed by atoms with Crippen LogP contribution in [0.2, 0.25) is 0 Å². The molecule has 3 aromatic heterocycles. The van der Waals surface area contributed by atoms with Crippen LogP contribution in [0, 0.1) is 0 Å². The fourth-order valence-electron chi connectivity index (χ4n) is 7.94. The van der Waals surface area contributed by atoms with Gasteiger partial charge in [0.25, 0.3) is 0 Å². The Morgan fingerprint density at radius 3 is 1.71 bits per heavy atom. The van der Waals surface area contributed by atoms with Gasteiger partial charge in [-0.05, 0) is 80.2 Å². The molecular weight excluding hydrogens is 597 g/mol. The first-order chi connectivity index (χ1) is 24.3. The predicted octanol–water partition coefficient (Wildman–Crippen LogP) is 12.6. The number of furan rings is 1. The van der Waals surface area contributed by atoms with Gasteiger partial charge in [-0.3, -0.25) is 0 Å². The van der Waals surface area contributed by atoms with Crippen molar-refractivity contribution < 1.29 is 4.42 Å². The van der Waals surface area contributed by atoms with Crippen LogP contribution in [-0.2, 0) is 0 Å². The lowest BCUT2D eigenvalue weighted by molar-refractivity contribution is 0.669. The Hall–Kier alpha value is -6.58. The minimum Gasteiger partial charge on any atom is -0.456 e. The van der Waals surface area contributed by atoms with E-state index < -0.39 is 0 Å². The molecule has 0 aliphatic carbocycles. The number of benzene rings is 8. The molecule has 0 saturated heterocycles. The maximum absolute atomic E-state index is 6.55. The van der Waals surface area contributed by atoms with E-state index in [-0.39, 0.29) is 0 Å². The smallest absolute Gasteiger partial charge is 0.136 e. The summed E-state index contributed by atoms with van der Waals surface area (Å²) in [5.41, 5.74) is 7.56. The van der Waals surface area contributed by atoms with Crippen LogP contribution < -0.4 is 0 Å². The minimum absolute atomic E-state index is 0.869. The monoisotopic (exact) mass is 622 g/mol. The Balaban J connectivity index is 1.19. The van der Waals surface area contributed by atoms with Gasteiger partial charge >= 0.3 is 0 Å². The summed E-state index contributed by atoms with van der Waals surface area (Å²) in [6.45, 7) is 0. The van der Waals surface area contributed by atoms with Crippen LogP contribution in [-0.4, -0.2) is 9.97 Å². The highest BCUT2D eigenvalue weighted by Gasteiger charge is 2.18. The zero-order valence-electron chi connectivity index (χ0n) is 26.3. The highest BCUT2D eigenvalue weighted by Crippen LogP contribution is 2.45. The van der Waals surface area contributed by atoms with Crippen molar-refractivity contribution >= 4 is 86.8 Å². The van der Waals surface area contributed by atoms with Crippen LogP contribution in [0.4, 0.5) is 0 Å². The molecule has 3 heterocycles. The van der Waals surface area contributed by atoms with Gasteiger partial charge in [-0.15, -0.1) is 0 Å². The zero-order valence-corrected chi connectivity index (χ0v) is 26.3. The van der Waals surface area contributed by atoms with Gasteiger partial charge in [-0.2, -0.15) is 0 Å². The van der Waals surface area contributed by atoms with E-state index in [0.29, 0.717) is 0 Å². The molecule has 0 atom stereocenters. The molecule has 49 heavy (non-hydrogen) atoms. The Morgan fingerprint density at radius 2 is 0.918 bits per heavy atom. The van der Waals surface area contributed by atoms with Crippen molar-refractivity contribution in [3.05, 3.63) is 158 Å². The third-order valence-corrected chi connectivity index (χ3v) is 10.2. The number of pyridine rings is 2. The lowest BCUT2D eigenvalue weighted by atomic mass is 9.89. The number of hydrogen-bond acceptors (Lipinski definition) is 3. The molecule has 0 aliphatic heterocycles. The van der Waals surface area contributed by atoms with Gasteiger partial charge in [0, 0.05) is 38.1 Å². The quantitative estimate of drug-likeness (QED) is 0.180. The summed E-state index contributed by atoms with van der Waals surface area (Å²) in [5.74, 6) is 0. The molecule has 0 radical (unpaired) electrons. The fraction of sp³-hybridized carbons (Fsp3) is 0. The summed E-state index contributed by atoms with van der Waals surface area (Å²) in [7, 11) is 0. The molecule has 0 unspecified atom stereocenters. The van der Waals surface area contributed by atoms with Crippen molar-refractivity contribution in [3.63, 3.8) is 0 Å². The van der Waals surface area contributed by atoms with E-state index in [2.05, 4.69) is 140 Å². The van der Waals surface area contributed by atoms with E-state index in [9.17, 15) is 0 Å². The first-order valence-electron chi connectivity index (χ1n) is 16.7. The number of fused-ring (bicyclic) bond motifs is 15. The highest BCUT2D eigenvalue weighted by atomic mass is 16.3. The summed E-state index contributed by atoms with van der Waals surface area (Å²) in [6, 6.07) is 56.0. The average Bonchev–Trinajstić information content (AvgIpc) is 3.55. The Morgan fingerprint density at radius 1 is 0.327 bits per heavy atom. The van der Waals surface area contributed by atoms with Crippen LogP contribution in [0.3, 0.4) is 0 Å². The van der Waals surface area contributed by atoms with Gasteiger partial charge < -0.3 is 4.42 Å². The van der Waals surface area contributed by atoms with Gasteiger partial charge in [-0.1, -0.05) is 115 Å². The van der Waals surface area contributed by atoms with Crippen LogP contribution in [0.25, 0.3) is 109 Å². The molecule has 8 aromatic carbocycles. The zero-order chi connectivity index (χ0) is 32.1. The molecule has 3 heteroatoms. The number of rotatable bonds is 2. The second-order valence-corrected chi connectivity index (χ2v) is 12.9. The molecule has 0 fully saturated rings. The third kappa shape index (κ3) is 3.84. The van der Waals surface area contributed by atoms with Crippen molar-refractivity contribution in [2.24, 2.45) is 0 Å². The summed E-state index contributed by atoms with van der Waals surface area (Å²) in [4.78, 5) is 10.4. The summed E-state index contributed by atoms with van der Waals surface area (Å²) >= 11 is 0. The molecule has 0 amide bonds. The van der Waals surface area contributed by atoms with Crippen LogP contribution in [0.5, 0.6) is 0 Å². The summed E-state index contributed by atoms with van der Waals surface area (Å²) < 4.78 is 6.55. The van der Waals surface area contributed by atoms with Gasteiger partial charge in [0.1, 0.15) is 11.2 Å². The van der Waals surface area contributed by atoms with E-state index in [1.807, 2.05) is 18.2 Å². The molecule has 11 aromatic rings. The largest absolute Gasteiger partial charge is 0.456 e. The topological polar surface area (TPSA) is 38.9 Å². The standard InChI is InChI=1S/C46H26N2O/c1-2-9-28(10-3-1)38-22-17-29-14-15-30-18-23-39(48-46(30)45(29)47-38)31-19-24-40-37(26-31)44-41(49-40)25-21-36-42-32-11-5-4-8-27(32)16-20-35(42)33-12-6-7-13-34(33)43(36)44/h1-26H. The lowest BCUT2D eigenvalue weighted by Crippen LogP contribution is -1.91. The van der Waals surface area contributed by atoms with E-state index in [0.717, 1.165) is 66.3 Å². The first-order valence-corrected chi connectivity index (χ1v) is 16.7. The van der Waals surface area contributed by atoms with E-state index >= 15 is 0 Å².